The lowest BCUT2D eigenvalue weighted by Crippen LogP contribution is -2.43. The molecule has 2 aromatic rings. The van der Waals surface area contributed by atoms with Gasteiger partial charge in [-0.05, 0) is 23.8 Å². The average Bonchev–Trinajstić information content (AvgIpc) is 2.65. The Balaban J connectivity index is 1.46. The molecule has 0 saturated heterocycles. The van der Waals surface area contributed by atoms with Gasteiger partial charge in [0.1, 0.15) is 0 Å². The van der Waals surface area contributed by atoms with Gasteiger partial charge in [0.05, 0.1) is 10.5 Å². The molecule has 0 saturated carbocycles. The van der Waals surface area contributed by atoms with Gasteiger partial charge in [0, 0.05) is 37.3 Å². The Kier molecular flexibility index (Phi) is 5.12. The van der Waals surface area contributed by atoms with Crippen molar-refractivity contribution in [2.24, 2.45) is 0 Å². The van der Waals surface area contributed by atoms with Gasteiger partial charge in [-0.2, -0.15) is 0 Å². The molecular weight excluding hydrogens is 338 g/mol. The van der Waals surface area contributed by atoms with Crippen molar-refractivity contribution < 1.29 is 19.2 Å². The molecular formula is C18H17N3O5. The topological polar surface area (TPSA) is 111 Å². The van der Waals surface area contributed by atoms with E-state index in [4.69, 9.17) is 4.74 Å². The molecule has 1 atom stereocenters. The minimum atomic E-state index is -0.836. The molecule has 1 aliphatic rings. The molecule has 8 heteroatoms. The summed E-state index contributed by atoms with van der Waals surface area (Å²) in [7, 11) is 0. The molecule has 1 heterocycles. The fraction of sp³-hybridized carbons (Fsp3) is 0.222. The predicted octanol–water partition coefficient (Wildman–Crippen LogP) is 1.90. The number of fused-ring (bicyclic) bond motifs is 1. The molecule has 8 nitrogen and oxygen atoms in total. The third kappa shape index (κ3) is 3.97. The van der Waals surface area contributed by atoms with Crippen LogP contribution in [0.1, 0.15) is 15.9 Å². The molecule has 0 radical (unpaired) electrons. The first-order valence-corrected chi connectivity index (χ1v) is 8.09. The molecule has 0 fully saturated rings. The first-order chi connectivity index (χ1) is 12.5. The molecule has 0 spiro atoms. The van der Waals surface area contributed by atoms with Crippen molar-refractivity contribution in [3.8, 4) is 0 Å². The van der Waals surface area contributed by atoms with Crippen LogP contribution in [0, 0.1) is 10.1 Å². The molecule has 0 aliphatic carbocycles. The number of nitrogens with one attached hydrogen (secondary N) is 2. The lowest BCUT2D eigenvalue weighted by Gasteiger charge is -2.23. The summed E-state index contributed by atoms with van der Waals surface area (Å²) in [5, 5.41) is 16.4. The second kappa shape index (κ2) is 7.64. The van der Waals surface area contributed by atoms with E-state index in [1.165, 1.54) is 12.1 Å². The van der Waals surface area contributed by atoms with Crippen molar-refractivity contribution in [1.29, 1.82) is 0 Å². The Morgan fingerprint density at radius 1 is 1.15 bits per heavy atom. The zero-order chi connectivity index (χ0) is 18.5. The number of esters is 1. The van der Waals surface area contributed by atoms with E-state index in [0.717, 1.165) is 5.56 Å². The maximum absolute atomic E-state index is 12.2. The van der Waals surface area contributed by atoms with E-state index in [1.54, 1.807) is 24.3 Å². The van der Waals surface area contributed by atoms with Crippen LogP contribution in [-0.4, -0.2) is 36.0 Å². The average molecular weight is 355 g/mol. The Morgan fingerprint density at radius 3 is 2.62 bits per heavy atom. The lowest BCUT2D eigenvalue weighted by atomic mass is 9.98. The van der Waals surface area contributed by atoms with Crippen molar-refractivity contribution in [2.45, 2.75) is 12.5 Å². The standard InChI is InChI=1S/C18H17N3O5/c22-17(16-11-12-3-1-2-4-15(12)18(23)26-16)20-10-9-19-13-5-7-14(8-6-13)21(24)25/h1-8,16,19H,9-11H2,(H,20,22). The highest BCUT2D eigenvalue weighted by Crippen LogP contribution is 2.20. The molecule has 1 unspecified atom stereocenters. The van der Waals surface area contributed by atoms with Crippen LogP contribution in [0.2, 0.25) is 0 Å². The van der Waals surface area contributed by atoms with Gasteiger partial charge in [-0.1, -0.05) is 18.2 Å². The van der Waals surface area contributed by atoms with Gasteiger partial charge < -0.3 is 15.4 Å². The molecule has 134 valence electrons. The summed E-state index contributed by atoms with van der Waals surface area (Å²) >= 11 is 0. The third-order valence-corrected chi connectivity index (χ3v) is 4.02. The number of non-ortho nitro benzene ring substituents is 1. The first kappa shape index (κ1) is 17.4. The summed E-state index contributed by atoms with van der Waals surface area (Å²) in [5.41, 5.74) is 2.02. The van der Waals surface area contributed by atoms with Crippen molar-refractivity contribution in [3.63, 3.8) is 0 Å². The van der Waals surface area contributed by atoms with Gasteiger partial charge in [-0.25, -0.2) is 4.79 Å². The van der Waals surface area contributed by atoms with Gasteiger partial charge in [-0.15, -0.1) is 0 Å². The highest BCUT2D eigenvalue weighted by molar-refractivity contribution is 5.95. The van der Waals surface area contributed by atoms with Crippen molar-refractivity contribution in [2.75, 3.05) is 18.4 Å². The molecule has 1 amide bonds. The van der Waals surface area contributed by atoms with Crippen molar-refractivity contribution in [1.82, 2.24) is 5.32 Å². The number of hydrogen-bond acceptors (Lipinski definition) is 6. The van der Waals surface area contributed by atoms with Crippen LogP contribution in [0.15, 0.2) is 48.5 Å². The van der Waals surface area contributed by atoms with Crippen LogP contribution in [0.5, 0.6) is 0 Å². The van der Waals surface area contributed by atoms with Gasteiger partial charge >= 0.3 is 5.97 Å². The summed E-state index contributed by atoms with van der Waals surface area (Å²) in [5.74, 6) is -0.839. The summed E-state index contributed by atoms with van der Waals surface area (Å²) < 4.78 is 5.19. The van der Waals surface area contributed by atoms with Crippen LogP contribution in [-0.2, 0) is 16.0 Å². The summed E-state index contributed by atoms with van der Waals surface area (Å²) in [4.78, 5) is 34.3. The number of cyclic esters (lactones) is 1. The third-order valence-electron chi connectivity index (χ3n) is 4.02. The Bertz CT molecular complexity index is 835. The Labute approximate surface area is 149 Å². The first-order valence-electron chi connectivity index (χ1n) is 8.09. The zero-order valence-corrected chi connectivity index (χ0v) is 13.8. The Morgan fingerprint density at radius 2 is 1.88 bits per heavy atom. The monoisotopic (exact) mass is 355 g/mol. The van der Waals surface area contributed by atoms with Crippen LogP contribution in [0.4, 0.5) is 11.4 Å². The molecule has 1 aliphatic heterocycles. The molecule has 0 aromatic heterocycles. The molecule has 3 rings (SSSR count). The maximum atomic E-state index is 12.2. The van der Waals surface area contributed by atoms with E-state index < -0.39 is 17.0 Å². The number of anilines is 1. The summed E-state index contributed by atoms with van der Waals surface area (Å²) in [6, 6.07) is 13.1. The van der Waals surface area contributed by atoms with E-state index in [0.29, 0.717) is 30.8 Å². The number of amides is 1. The number of nitro benzene ring substituents is 1. The number of nitro groups is 1. The number of carbonyl (C=O) groups is 2. The van der Waals surface area contributed by atoms with Crippen LogP contribution >= 0.6 is 0 Å². The quantitative estimate of drug-likeness (QED) is 0.354. The second-order valence-corrected chi connectivity index (χ2v) is 5.78. The van der Waals surface area contributed by atoms with Gasteiger partial charge in [0.2, 0.25) is 0 Å². The number of ether oxygens (including phenoxy) is 1. The summed E-state index contributed by atoms with van der Waals surface area (Å²) in [6.45, 7) is 0.756. The Hall–Kier alpha value is -3.42. The van der Waals surface area contributed by atoms with Crippen LogP contribution < -0.4 is 10.6 Å². The fourth-order valence-electron chi connectivity index (χ4n) is 2.69. The second-order valence-electron chi connectivity index (χ2n) is 5.78. The number of benzene rings is 2. The summed E-state index contributed by atoms with van der Waals surface area (Å²) in [6.07, 6.45) is -0.486. The van der Waals surface area contributed by atoms with Crippen molar-refractivity contribution in [3.05, 3.63) is 69.8 Å². The number of carbonyl (C=O) groups excluding carboxylic acids is 2. The lowest BCUT2D eigenvalue weighted by molar-refractivity contribution is -0.384. The van der Waals surface area contributed by atoms with E-state index >= 15 is 0 Å². The normalized spacial score (nSPS) is 15.5. The van der Waals surface area contributed by atoms with E-state index in [-0.39, 0.29) is 11.6 Å². The number of nitrogens with zero attached hydrogens (tertiary/aromatic N) is 1. The van der Waals surface area contributed by atoms with Gasteiger partial charge in [-0.3, -0.25) is 14.9 Å². The zero-order valence-electron chi connectivity index (χ0n) is 13.8. The number of rotatable bonds is 6. The molecule has 2 aromatic carbocycles. The molecule has 26 heavy (non-hydrogen) atoms. The van der Waals surface area contributed by atoms with Crippen LogP contribution in [0.3, 0.4) is 0 Å². The van der Waals surface area contributed by atoms with E-state index in [9.17, 15) is 19.7 Å². The van der Waals surface area contributed by atoms with Gasteiger partial charge in [0.15, 0.2) is 6.10 Å². The SMILES string of the molecule is O=C1OC(C(=O)NCCNc2ccc([N+](=O)[O-])cc2)Cc2ccccc21. The molecule has 2 N–H and O–H groups in total. The van der Waals surface area contributed by atoms with Gasteiger partial charge in [0.25, 0.3) is 11.6 Å². The molecule has 0 bridgehead atoms. The maximum Gasteiger partial charge on any atom is 0.339 e. The smallest absolute Gasteiger partial charge is 0.339 e. The number of hydrogen-bond donors (Lipinski definition) is 2. The van der Waals surface area contributed by atoms with E-state index in [1.807, 2.05) is 12.1 Å². The minimum absolute atomic E-state index is 0.0169. The highest BCUT2D eigenvalue weighted by Gasteiger charge is 2.30. The van der Waals surface area contributed by atoms with E-state index in [2.05, 4.69) is 10.6 Å². The minimum Gasteiger partial charge on any atom is -0.448 e. The fourth-order valence-corrected chi connectivity index (χ4v) is 2.69. The largest absolute Gasteiger partial charge is 0.448 e. The predicted molar refractivity (Wildman–Crippen MR) is 93.9 cm³/mol. The van der Waals surface area contributed by atoms with Crippen molar-refractivity contribution >= 4 is 23.3 Å². The van der Waals surface area contributed by atoms with Crippen LogP contribution in [0.25, 0.3) is 0 Å². The highest BCUT2D eigenvalue weighted by atomic mass is 16.6.